The highest BCUT2D eigenvalue weighted by Crippen LogP contribution is 2.42. The third-order valence-corrected chi connectivity index (χ3v) is 3.49. The summed E-state index contributed by atoms with van der Waals surface area (Å²) in [6.45, 7) is 3.72. The molecule has 2 rings (SSSR count). The fourth-order valence-electron chi connectivity index (χ4n) is 2.37. The lowest BCUT2D eigenvalue weighted by Crippen LogP contribution is -2.06. The van der Waals surface area contributed by atoms with E-state index in [1.54, 1.807) is 18.3 Å². The van der Waals surface area contributed by atoms with Gasteiger partial charge < -0.3 is 26.0 Å². The molecule has 0 radical (unpaired) electrons. The van der Waals surface area contributed by atoms with Gasteiger partial charge >= 0.3 is 0 Å². The fourth-order valence-corrected chi connectivity index (χ4v) is 2.37. The molecule has 0 spiro atoms. The van der Waals surface area contributed by atoms with Crippen LogP contribution in [0.15, 0.2) is 24.9 Å². The average Bonchev–Trinajstić information content (AvgIpc) is 2.53. The van der Waals surface area contributed by atoms with Gasteiger partial charge in [0.1, 0.15) is 5.82 Å². The van der Waals surface area contributed by atoms with Crippen LogP contribution in [-0.2, 0) is 12.8 Å². The van der Waals surface area contributed by atoms with E-state index in [1.165, 1.54) is 14.2 Å². The van der Waals surface area contributed by atoms with E-state index in [2.05, 4.69) is 16.5 Å². The van der Waals surface area contributed by atoms with E-state index in [0.717, 1.165) is 5.56 Å². The Balaban J connectivity index is 2.55. The molecule has 2 aromatic rings. The largest absolute Gasteiger partial charge is 0.504 e. The lowest BCUT2D eigenvalue weighted by molar-refractivity contribution is 0.331. The van der Waals surface area contributed by atoms with Crippen molar-refractivity contribution >= 4 is 11.8 Å². The van der Waals surface area contributed by atoms with Crippen molar-refractivity contribution in [1.29, 1.82) is 0 Å². The van der Waals surface area contributed by atoms with Gasteiger partial charge in [0, 0.05) is 23.7 Å². The second kappa shape index (κ2) is 6.87. The molecule has 0 bridgehead atoms. The smallest absolute Gasteiger partial charge is 0.221 e. The highest BCUT2D eigenvalue weighted by molar-refractivity contribution is 5.60. The summed E-state index contributed by atoms with van der Waals surface area (Å²) in [5.74, 6) is 1.16. The van der Waals surface area contributed by atoms with Crippen molar-refractivity contribution in [2.75, 3.05) is 25.7 Å². The predicted octanol–water partition coefficient (Wildman–Crippen LogP) is 1.68. The number of allylic oxidation sites excluding steroid dienone is 1. The molecule has 0 aliphatic carbocycles. The lowest BCUT2D eigenvalue weighted by Gasteiger charge is -2.17. The minimum Gasteiger partial charge on any atom is -0.504 e. The minimum absolute atomic E-state index is 0.0247. The number of hydrogen-bond acceptors (Lipinski definition) is 7. The van der Waals surface area contributed by atoms with Crippen molar-refractivity contribution < 1.29 is 14.6 Å². The third kappa shape index (κ3) is 3.28. The lowest BCUT2D eigenvalue weighted by atomic mass is 9.96. The SMILES string of the molecule is C=CCc1c(Cc2cnc(N)nc2N)cc(OC)c(OC)c1O. The molecule has 5 N–H and O–H groups in total. The van der Waals surface area contributed by atoms with Crippen LogP contribution in [0.2, 0.25) is 0 Å². The van der Waals surface area contributed by atoms with Crippen molar-refractivity contribution in [2.24, 2.45) is 0 Å². The zero-order valence-electron chi connectivity index (χ0n) is 13.2. The second-order valence-electron chi connectivity index (χ2n) is 4.91. The number of methoxy groups -OCH3 is 2. The van der Waals surface area contributed by atoms with Gasteiger partial charge in [-0.25, -0.2) is 4.98 Å². The molecular formula is C16H20N4O3. The van der Waals surface area contributed by atoms with Gasteiger partial charge in [0.15, 0.2) is 11.5 Å². The Kier molecular flexibility index (Phi) is 4.90. The zero-order valence-corrected chi connectivity index (χ0v) is 13.2. The molecule has 23 heavy (non-hydrogen) atoms. The van der Waals surface area contributed by atoms with Crippen molar-refractivity contribution in [1.82, 2.24) is 9.97 Å². The third-order valence-electron chi connectivity index (χ3n) is 3.49. The van der Waals surface area contributed by atoms with Crippen molar-refractivity contribution in [3.05, 3.63) is 41.6 Å². The average molecular weight is 316 g/mol. The van der Waals surface area contributed by atoms with E-state index in [4.69, 9.17) is 20.9 Å². The number of aromatic nitrogens is 2. The molecule has 0 fully saturated rings. The monoisotopic (exact) mass is 316 g/mol. The van der Waals surface area contributed by atoms with Gasteiger partial charge in [0.2, 0.25) is 11.7 Å². The molecule has 0 aliphatic rings. The summed E-state index contributed by atoms with van der Waals surface area (Å²) >= 11 is 0. The van der Waals surface area contributed by atoms with Gasteiger partial charge in [-0.2, -0.15) is 4.98 Å². The Morgan fingerprint density at radius 2 is 2.00 bits per heavy atom. The highest BCUT2D eigenvalue weighted by Gasteiger charge is 2.19. The number of nitrogen functional groups attached to an aromatic ring is 2. The summed E-state index contributed by atoms with van der Waals surface area (Å²) < 4.78 is 10.5. The molecule has 0 unspecified atom stereocenters. The Hall–Kier alpha value is -2.96. The molecule has 7 heteroatoms. The van der Waals surface area contributed by atoms with Crippen molar-refractivity contribution in [3.8, 4) is 17.2 Å². The topological polar surface area (TPSA) is 117 Å². The summed E-state index contributed by atoms with van der Waals surface area (Å²) in [7, 11) is 2.98. The molecule has 1 heterocycles. The highest BCUT2D eigenvalue weighted by atomic mass is 16.5. The van der Waals surface area contributed by atoms with E-state index < -0.39 is 0 Å². The first-order valence-corrected chi connectivity index (χ1v) is 6.95. The van der Waals surface area contributed by atoms with Crippen LogP contribution in [0.25, 0.3) is 0 Å². The molecule has 0 amide bonds. The summed E-state index contributed by atoms with van der Waals surface area (Å²) in [6, 6.07) is 1.80. The van der Waals surface area contributed by atoms with E-state index in [-0.39, 0.29) is 17.4 Å². The number of hydrogen-bond donors (Lipinski definition) is 3. The van der Waals surface area contributed by atoms with Gasteiger partial charge in [0.25, 0.3) is 0 Å². The van der Waals surface area contributed by atoms with Gasteiger partial charge in [0.05, 0.1) is 14.2 Å². The van der Waals surface area contributed by atoms with Crippen LogP contribution >= 0.6 is 0 Å². The number of aromatic hydroxyl groups is 1. The van der Waals surface area contributed by atoms with Gasteiger partial charge in [-0.3, -0.25) is 0 Å². The molecule has 7 nitrogen and oxygen atoms in total. The second-order valence-corrected chi connectivity index (χ2v) is 4.91. The minimum atomic E-state index is 0.0247. The molecule has 0 atom stereocenters. The van der Waals surface area contributed by atoms with Gasteiger partial charge in [-0.1, -0.05) is 6.08 Å². The van der Waals surface area contributed by atoms with Crippen molar-refractivity contribution in [2.45, 2.75) is 12.8 Å². The van der Waals surface area contributed by atoms with Gasteiger partial charge in [-0.05, 0) is 18.1 Å². The quantitative estimate of drug-likeness (QED) is 0.694. The normalized spacial score (nSPS) is 10.3. The molecular weight excluding hydrogens is 296 g/mol. The summed E-state index contributed by atoms with van der Waals surface area (Å²) in [5.41, 5.74) is 13.6. The maximum Gasteiger partial charge on any atom is 0.221 e. The molecule has 1 aromatic heterocycles. The molecule has 0 aliphatic heterocycles. The predicted molar refractivity (Wildman–Crippen MR) is 88.8 cm³/mol. The number of phenolic OH excluding ortho intramolecular Hbond substituents is 1. The molecule has 0 saturated heterocycles. The first-order chi connectivity index (χ1) is 11.0. The number of anilines is 2. The number of benzene rings is 1. The van der Waals surface area contributed by atoms with Gasteiger partial charge in [-0.15, -0.1) is 6.58 Å². The number of ether oxygens (including phenoxy) is 2. The number of phenols is 1. The van der Waals surface area contributed by atoms with E-state index in [0.29, 0.717) is 35.5 Å². The van der Waals surface area contributed by atoms with Crippen LogP contribution in [-0.4, -0.2) is 29.3 Å². The Labute approximate surface area is 134 Å². The summed E-state index contributed by atoms with van der Waals surface area (Å²) in [5, 5.41) is 10.5. The van der Waals surface area contributed by atoms with Crippen LogP contribution in [0.5, 0.6) is 17.2 Å². The maximum absolute atomic E-state index is 10.5. The van der Waals surface area contributed by atoms with Crippen LogP contribution in [0.4, 0.5) is 11.8 Å². The first kappa shape index (κ1) is 16.4. The number of nitrogens with two attached hydrogens (primary N) is 2. The fraction of sp³-hybridized carbons (Fsp3) is 0.250. The van der Waals surface area contributed by atoms with E-state index in [9.17, 15) is 5.11 Å². The Bertz CT molecular complexity index is 732. The molecule has 1 aromatic carbocycles. The Morgan fingerprint density at radius 3 is 2.57 bits per heavy atom. The first-order valence-electron chi connectivity index (χ1n) is 6.95. The van der Waals surface area contributed by atoms with Crippen LogP contribution < -0.4 is 20.9 Å². The summed E-state index contributed by atoms with van der Waals surface area (Å²) in [6.07, 6.45) is 4.16. The molecule has 122 valence electrons. The number of nitrogens with zero attached hydrogens (tertiary/aromatic N) is 2. The standard InChI is InChI=1S/C16H20N4O3/c1-4-5-11-9(6-10-8-19-16(18)20-15(10)17)7-12(22-2)14(23-3)13(11)21/h4,7-8,21H,1,5-6H2,2-3H3,(H4,17,18,19,20). The maximum atomic E-state index is 10.5. The van der Waals surface area contributed by atoms with E-state index >= 15 is 0 Å². The van der Waals surface area contributed by atoms with Crippen LogP contribution in [0.3, 0.4) is 0 Å². The Morgan fingerprint density at radius 1 is 1.26 bits per heavy atom. The molecule has 0 saturated carbocycles. The van der Waals surface area contributed by atoms with E-state index in [1.807, 2.05) is 0 Å². The van der Waals surface area contributed by atoms with Crippen LogP contribution in [0.1, 0.15) is 16.7 Å². The zero-order chi connectivity index (χ0) is 17.0. The number of rotatable bonds is 6. The van der Waals surface area contributed by atoms with Crippen molar-refractivity contribution in [3.63, 3.8) is 0 Å². The summed E-state index contributed by atoms with van der Waals surface area (Å²) in [4.78, 5) is 7.91. The van der Waals surface area contributed by atoms with Crippen LogP contribution in [0, 0.1) is 0 Å².